The van der Waals surface area contributed by atoms with Gasteiger partial charge in [-0.3, -0.25) is 0 Å². The zero-order valence-corrected chi connectivity index (χ0v) is 16.0. The first-order valence-corrected chi connectivity index (χ1v) is 10.8. The van der Waals surface area contributed by atoms with Crippen molar-refractivity contribution >= 4 is 45.0 Å². The Labute approximate surface area is 105 Å². The van der Waals surface area contributed by atoms with E-state index >= 15 is 0 Å². The van der Waals surface area contributed by atoms with Crippen molar-refractivity contribution < 1.29 is 21.6 Å². The van der Waals surface area contributed by atoms with Crippen LogP contribution < -0.4 is 0 Å². The van der Waals surface area contributed by atoms with Crippen LogP contribution in [0.4, 0.5) is 0 Å². The molecule has 0 N–H and O–H groups in total. The minimum atomic E-state index is -2.39. The number of carbonyl (C=O) groups excluding carboxylic acids is 1. The summed E-state index contributed by atoms with van der Waals surface area (Å²) in [5, 5.41) is 0. The van der Waals surface area contributed by atoms with Gasteiger partial charge in [-0.2, -0.15) is 0 Å². The molecule has 0 aromatic rings. The predicted molar refractivity (Wildman–Crippen MR) is 73.3 cm³/mol. The molecule has 0 rings (SSSR count). The quantitative estimate of drug-likeness (QED) is 0.295. The van der Waals surface area contributed by atoms with Crippen LogP contribution in [0.5, 0.6) is 0 Å². The molecule has 16 heavy (non-hydrogen) atoms. The molecule has 0 amide bonds. The van der Waals surface area contributed by atoms with Gasteiger partial charge in [0.05, 0.1) is 0 Å². The molecule has 0 aliphatic carbocycles. The van der Waals surface area contributed by atoms with E-state index < -0.39 is 34.5 Å². The van der Waals surface area contributed by atoms with E-state index in [9.17, 15) is 4.79 Å². The highest BCUT2D eigenvalue weighted by Crippen LogP contribution is 2.15. The lowest BCUT2D eigenvalue weighted by Crippen LogP contribution is -2.42. The van der Waals surface area contributed by atoms with Crippen molar-refractivity contribution in [3.63, 3.8) is 0 Å². The molecule has 0 spiro atoms. The Hall–Kier alpha value is -0.0425. The zero-order chi connectivity index (χ0) is 12.4. The zero-order valence-electron chi connectivity index (χ0n) is 10.2. The highest BCUT2D eigenvalue weighted by molar-refractivity contribution is 6.71. The molecule has 0 radical (unpaired) electrons. The summed E-state index contributed by atoms with van der Waals surface area (Å²) in [5.41, 5.74) is 0. The van der Waals surface area contributed by atoms with Crippen LogP contribution in [-0.2, 0) is 21.6 Å². The molecule has 1 atom stereocenters. The standard InChI is InChI=1S/C7H20O5Si4/c1-4-6-16(3,9-7(8)5-2)12-15-11-14-10-13/h5H,2,4,6,14-15H2,1,3,13H3. The fraction of sp³-hybridized carbons (Fsp3) is 0.571. The van der Waals surface area contributed by atoms with Gasteiger partial charge in [0.1, 0.15) is 10.5 Å². The highest BCUT2D eigenvalue weighted by Gasteiger charge is 2.33. The van der Waals surface area contributed by atoms with E-state index in [1.807, 2.05) is 13.5 Å². The Morgan fingerprint density at radius 1 is 1.56 bits per heavy atom. The summed E-state index contributed by atoms with van der Waals surface area (Å²) in [6.45, 7) is 7.30. The largest absolute Gasteiger partial charge is 0.492 e. The smallest absolute Gasteiger partial charge is 0.389 e. The van der Waals surface area contributed by atoms with E-state index in [1.165, 1.54) is 6.08 Å². The molecule has 0 saturated heterocycles. The first-order valence-electron chi connectivity index (χ1n) is 5.14. The first-order chi connectivity index (χ1) is 7.58. The second-order valence-corrected chi connectivity index (χ2v) is 11.9. The average molecular weight is 297 g/mol. The van der Waals surface area contributed by atoms with E-state index in [4.69, 9.17) is 16.8 Å². The van der Waals surface area contributed by atoms with E-state index in [0.717, 1.165) is 12.5 Å². The number of rotatable bonds is 9. The topological polar surface area (TPSA) is 54.0 Å². The van der Waals surface area contributed by atoms with Crippen LogP contribution in [-0.4, -0.2) is 45.0 Å². The second-order valence-electron chi connectivity index (χ2n) is 3.38. The fourth-order valence-corrected chi connectivity index (χ4v) is 8.00. The van der Waals surface area contributed by atoms with Crippen molar-refractivity contribution in [2.24, 2.45) is 0 Å². The highest BCUT2D eigenvalue weighted by atomic mass is 28.4. The van der Waals surface area contributed by atoms with Gasteiger partial charge < -0.3 is 16.8 Å². The summed E-state index contributed by atoms with van der Waals surface area (Å²) >= 11 is 0. The Kier molecular flexibility index (Phi) is 9.01. The molecule has 0 fully saturated rings. The molecule has 0 aliphatic rings. The third kappa shape index (κ3) is 7.27. The van der Waals surface area contributed by atoms with Gasteiger partial charge in [-0.15, -0.1) is 0 Å². The van der Waals surface area contributed by atoms with Gasteiger partial charge in [0.2, 0.25) is 0 Å². The van der Waals surface area contributed by atoms with Crippen LogP contribution in [0.15, 0.2) is 12.7 Å². The third-order valence-corrected chi connectivity index (χ3v) is 9.07. The lowest BCUT2D eigenvalue weighted by Gasteiger charge is -2.25. The maximum atomic E-state index is 11.2. The summed E-state index contributed by atoms with van der Waals surface area (Å²) in [7, 11) is -3.58. The van der Waals surface area contributed by atoms with Crippen LogP contribution >= 0.6 is 0 Å². The third-order valence-electron chi connectivity index (χ3n) is 1.84. The van der Waals surface area contributed by atoms with Crippen molar-refractivity contribution in [1.82, 2.24) is 0 Å². The lowest BCUT2D eigenvalue weighted by atomic mass is 10.6. The van der Waals surface area contributed by atoms with Gasteiger partial charge in [-0.25, -0.2) is 4.79 Å². The minimum absolute atomic E-state index is 0.409. The molecule has 0 bridgehead atoms. The van der Waals surface area contributed by atoms with Crippen molar-refractivity contribution in [2.75, 3.05) is 0 Å². The predicted octanol–water partition coefficient (Wildman–Crippen LogP) is -1.47. The monoisotopic (exact) mass is 296 g/mol. The Bertz CT molecular complexity index is 227. The molecule has 9 heteroatoms. The summed E-state index contributed by atoms with van der Waals surface area (Å²) in [6, 6.07) is 0.784. The molecule has 0 aromatic heterocycles. The fourth-order valence-electron chi connectivity index (χ4n) is 1.14. The first kappa shape index (κ1) is 16.0. The van der Waals surface area contributed by atoms with E-state index in [2.05, 4.69) is 6.58 Å². The van der Waals surface area contributed by atoms with Crippen molar-refractivity contribution in [1.29, 1.82) is 0 Å². The average Bonchev–Trinajstić information content (AvgIpc) is 2.24. The van der Waals surface area contributed by atoms with Gasteiger partial charge in [0.25, 0.3) is 20.0 Å². The maximum absolute atomic E-state index is 11.2. The van der Waals surface area contributed by atoms with Crippen LogP contribution in [0.1, 0.15) is 13.3 Å². The van der Waals surface area contributed by atoms with Crippen LogP contribution in [0.2, 0.25) is 12.6 Å². The van der Waals surface area contributed by atoms with Gasteiger partial charge in [0, 0.05) is 12.1 Å². The number of hydrogen-bond acceptors (Lipinski definition) is 5. The Morgan fingerprint density at radius 3 is 2.75 bits per heavy atom. The summed E-state index contributed by atoms with van der Waals surface area (Å²) < 4.78 is 21.3. The molecular weight excluding hydrogens is 276 g/mol. The second kappa shape index (κ2) is 9.04. The van der Waals surface area contributed by atoms with E-state index in [1.54, 1.807) is 0 Å². The molecule has 94 valence electrons. The molecule has 0 heterocycles. The molecule has 0 saturated carbocycles. The summed E-state index contributed by atoms with van der Waals surface area (Å²) in [5.74, 6) is -0.409. The maximum Gasteiger partial charge on any atom is 0.389 e. The van der Waals surface area contributed by atoms with Crippen molar-refractivity contribution in [3.05, 3.63) is 12.7 Å². The van der Waals surface area contributed by atoms with Gasteiger partial charge in [-0.05, 0) is 6.55 Å². The van der Waals surface area contributed by atoms with Crippen molar-refractivity contribution in [3.8, 4) is 0 Å². The molecule has 0 aliphatic heterocycles. The Morgan fingerprint density at radius 2 is 2.25 bits per heavy atom. The molecule has 1 unspecified atom stereocenters. The van der Waals surface area contributed by atoms with Crippen LogP contribution in [0.25, 0.3) is 0 Å². The lowest BCUT2D eigenvalue weighted by molar-refractivity contribution is -0.130. The van der Waals surface area contributed by atoms with Gasteiger partial charge in [0.15, 0.2) is 0 Å². The number of hydrogen-bond donors (Lipinski definition) is 0. The number of carbonyl (C=O) groups is 1. The van der Waals surface area contributed by atoms with Gasteiger partial charge in [-0.1, -0.05) is 19.9 Å². The Balaban J connectivity index is 4.10. The molecule has 5 nitrogen and oxygen atoms in total. The molecule has 0 aromatic carbocycles. The summed E-state index contributed by atoms with van der Waals surface area (Å²) in [6.07, 6.45) is 2.10. The van der Waals surface area contributed by atoms with E-state index in [0.29, 0.717) is 10.5 Å². The van der Waals surface area contributed by atoms with E-state index in [-0.39, 0.29) is 0 Å². The normalized spacial score (nSPS) is 15.9. The summed E-state index contributed by atoms with van der Waals surface area (Å²) in [4.78, 5) is 11.2. The van der Waals surface area contributed by atoms with Crippen LogP contribution in [0, 0.1) is 0 Å². The van der Waals surface area contributed by atoms with Crippen molar-refractivity contribution in [2.45, 2.75) is 25.9 Å². The minimum Gasteiger partial charge on any atom is -0.492 e. The van der Waals surface area contributed by atoms with Gasteiger partial charge >= 0.3 is 14.5 Å². The van der Waals surface area contributed by atoms with Crippen LogP contribution in [0.3, 0.4) is 0 Å². The SMILES string of the molecule is C=CC(=O)O[Si](C)(CCC)O[SiH2]O[SiH2]O[SiH3]. The molecular formula is C7H20O5Si4.